The minimum Gasteiger partial charge on any atom is -0.497 e. The SMILES string of the molecule is COC(=O)c1c(O)nc2sc3ccc(OC)cc3n2c1=O. The molecule has 0 fully saturated rings. The van der Waals surface area contributed by atoms with E-state index in [4.69, 9.17) is 4.74 Å². The number of thiazole rings is 1. The summed E-state index contributed by atoms with van der Waals surface area (Å²) in [4.78, 5) is 28.3. The second-order valence-corrected chi connectivity index (χ2v) is 5.17. The van der Waals surface area contributed by atoms with Crippen molar-refractivity contribution in [2.75, 3.05) is 14.2 Å². The van der Waals surface area contributed by atoms with Gasteiger partial charge in [-0.25, -0.2) is 9.20 Å². The van der Waals surface area contributed by atoms with Crippen LogP contribution in [0.15, 0.2) is 23.0 Å². The Bertz CT molecular complexity index is 928. The molecule has 0 aliphatic rings. The Labute approximate surface area is 122 Å². The summed E-state index contributed by atoms with van der Waals surface area (Å²) in [6.45, 7) is 0. The number of benzene rings is 1. The monoisotopic (exact) mass is 306 g/mol. The van der Waals surface area contributed by atoms with Crippen molar-refractivity contribution in [3.8, 4) is 11.6 Å². The molecule has 0 unspecified atom stereocenters. The average Bonchev–Trinajstić information content (AvgIpc) is 2.83. The fourth-order valence-electron chi connectivity index (χ4n) is 2.04. The fourth-order valence-corrected chi connectivity index (χ4v) is 3.03. The van der Waals surface area contributed by atoms with E-state index >= 15 is 0 Å². The lowest BCUT2D eigenvalue weighted by molar-refractivity contribution is 0.0594. The van der Waals surface area contributed by atoms with Gasteiger partial charge in [0.15, 0.2) is 5.56 Å². The topological polar surface area (TPSA) is 90.1 Å². The summed E-state index contributed by atoms with van der Waals surface area (Å²) in [5.41, 5.74) is -0.613. The van der Waals surface area contributed by atoms with Crippen LogP contribution in [0.2, 0.25) is 0 Å². The van der Waals surface area contributed by atoms with E-state index in [2.05, 4.69) is 9.72 Å². The van der Waals surface area contributed by atoms with Crippen LogP contribution in [0.3, 0.4) is 0 Å². The van der Waals surface area contributed by atoms with E-state index in [9.17, 15) is 14.7 Å². The molecule has 2 heterocycles. The van der Waals surface area contributed by atoms with Gasteiger partial charge in [0.2, 0.25) is 10.8 Å². The van der Waals surface area contributed by atoms with Crippen LogP contribution >= 0.6 is 11.3 Å². The first-order chi connectivity index (χ1) is 10.1. The number of hydrogen-bond donors (Lipinski definition) is 1. The van der Waals surface area contributed by atoms with Crippen molar-refractivity contribution >= 4 is 32.5 Å². The summed E-state index contributed by atoms with van der Waals surface area (Å²) in [5.74, 6) is -0.992. The third-order valence-electron chi connectivity index (χ3n) is 3.03. The Balaban J connectivity index is 2.47. The van der Waals surface area contributed by atoms with Gasteiger partial charge in [0, 0.05) is 6.07 Å². The molecule has 1 N–H and O–H groups in total. The zero-order valence-corrected chi connectivity index (χ0v) is 11.9. The van der Waals surface area contributed by atoms with E-state index in [1.165, 1.54) is 22.8 Å². The molecule has 21 heavy (non-hydrogen) atoms. The van der Waals surface area contributed by atoms with E-state index in [0.29, 0.717) is 11.3 Å². The second-order valence-electron chi connectivity index (χ2n) is 4.16. The molecule has 0 saturated carbocycles. The highest BCUT2D eigenvalue weighted by Gasteiger charge is 2.22. The number of rotatable bonds is 2. The standard InChI is InChI=1S/C13H10N2O5S/c1-19-6-3-4-8-7(5-6)15-11(17)9(12(18)20-2)10(16)14-13(15)21-8/h3-5,16H,1-2H3. The quantitative estimate of drug-likeness (QED) is 0.720. The summed E-state index contributed by atoms with van der Waals surface area (Å²) >= 11 is 1.22. The highest BCUT2D eigenvalue weighted by Crippen LogP contribution is 2.28. The maximum atomic E-state index is 12.5. The molecule has 8 heteroatoms. The van der Waals surface area contributed by atoms with Crippen molar-refractivity contribution in [3.05, 3.63) is 34.1 Å². The van der Waals surface area contributed by atoms with Gasteiger partial charge in [-0.05, 0) is 12.1 Å². The van der Waals surface area contributed by atoms with Crippen molar-refractivity contribution < 1.29 is 19.4 Å². The number of carbonyl (C=O) groups is 1. The predicted octanol–water partition coefficient (Wildman–Crippen LogP) is 1.41. The lowest BCUT2D eigenvalue weighted by Gasteiger charge is -2.03. The number of aromatic nitrogens is 2. The van der Waals surface area contributed by atoms with E-state index in [1.54, 1.807) is 18.2 Å². The van der Waals surface area contributed by atoms with Crippen molar-refractivity contribution in [1.82, 2.24) is 9.38 Å². The Morgan fingerprint density at radius 1 is 1.38 bits per heavy atom. The van der Waals surface area contributed by atoms with Crippen LogP contribution in [0, 0.1) is 0 Å². The average molecular weight is 306 g/mol. The number of methoxy groups -OCH3 is 2. The molecule has 7 nitrogen and oxygen atoms in total. The third-order valence-corrected chi connectivity index (χ3v) is 4.05. The van der Waals surface area contributed by atoms with Crippen LogP contribution in [-0.4, -0.2) is 34.7 Å². The minimum absolute atomic E-state index is 0.286. The Hall–Kier alpha value is -2.61. The number of esters is 1. The number of ether oxygens (including phenoxy) is 2. The smallest absolute Gasteiger partial charge is 0.349 e. The highest BCUT2D eigenvalue weighted by molar-refractivity contribution is 7.23. The summed E-state index contributed by atoms with van der Waals surface area (Å²) in [6.07, 6.45) is 0. The van der Waals surface area contributed by atoms with Gasteiger partial charge in [0.1, 0.15) is 5.75 Å². The van der Waals surface area contributed by atoms with Crippen molar-refractivity contribution in [3.63, 3.8) is 0 Å². The molecule has 0 saturated heterocycles. The summed E-state index contributed by atoms with van der Waals surface area (Å²) in [5, 5.41) is 9.77. The molecule has 2 aromatic heterocycles. The number of nitrogens with zero attached hydrogens (tertiary/aromatic N) is 2. The molecule has 0 spiro atoms. The van der Waals surface area contributed by atoms with Crippen LogP contribution in [-0.2, 0) is 4.74 Å². The van der Waals surface area contributed by atoms with Gasteiger partial charge in [-0.3, -0.25) is 4.79 Å². The second kappa shape index (κ2) is 4.74. The van der Waals surface area contributed by atoms with Crippen molar-refractivity contribution in [2.24, 2.45) is 0 Å². The maximum absolute atomic E-state index is 12.5. The van der Waals surface area contributed by atoms with Crippen LogP contribution < -0.4 is 10.3 Å². The van der Waals surface area contributed by atoms with Gasteiger partial charge in [0.25, 0.3) is 5.56 Å². The van der Waals surface area contributed by atoms with Crippen LogP contribution in [0.1, 0.15) is 10.4 Å². The maximum Gasteiger partial charge on any atom is 0.349 e. The van der Waals surface area contributed by atoms with E-state index in [0.717, 1.165) is 11.8 Å². The Kier molecular flexibility index (Phi) is 3.02. The summed E-state index contributed by atoms with van der Waals surface area (Å²) in [6, 6.07) is 5.20. The highest BCUT2D eigenvalue weighted by atomic mass is 32.1. The predicted molar refractivity (Wildman–Crippen MR) is 76.4 cm³/mol. The molecule has 3 rings (SSSR count). The third kappa shape index (κ3) is 1.91. The van der Waals surface area contributed by atoms with Gasteiger partial charge < -0.3 is 14.6 Å². The lowest BCUT2D eigenvalue weighted by atomic mass is 10.3. The van der Waals surface area contributed by atoms with Crippen LogP contribution in [0.4, 0.5) is 0 Å². The van der Waals surface area contributed by atoms with Crippen LogP contribution in [0.25, 0.3) is 15.2 Å². The molecule has 0 atom stereocenters. The Morgan fingerprint density at radius 3 is 2.81 bits per heavy atom. The molecule has 3 aromatic rings. The van der Waals surface area contributed by atoms with E-state index in [-0.39, 0.29) is 4.96 Å². The lowest BCUT2D eigenvalue weighted by Crippen LogP contribution is -2.23. The fraction of sp³-hybridized carbons (Fsp3) is 0.154. The van der Waals surface area contributed by atoms with Gasteiger partial charge in [-0.1, -0.05) is 11.3 Å². The van der Waals surface area contributed by atoms with Gasteiger partial charge in [-0.2, -0.15) is 4.98 Å². The molecule has 0 radical (unpaired) electrons. The molecule has 0 aliphatic heterocycles. The zero-order chi connectivity index (χ0) is 15.1. The Morgan fingerprint density at radius 2 is 2.14 bits per heavy atom. The first-order valence-corrected chi connectivity index (χ1v) is 6.69. The summed E-state index contributed by atoms with van der Waals surface area (Å²) in [7, 11) is 2.65. The normalized spacial score (nSPS) is 11.0. The molecular formula is C13H10N2O5S. The van der Waals surface area contributed by atoms with Gasteiger partial charge in [-0.15, -0.1) is 0 Å². The van der Waals surface area contributed by atoms with Crippen molar-refractivity contribution in [1.29, 1.82) is 0 Å². The number of hydrogen-bond acceptors (Lipinski definition) is 7. The number of carbonyl (C=O) groups excluding carboxylic acids is 1. The van der Waals surface area contributed by atoms with E-state index in [1.807, 2.05) is 0 Å². The first-order valence-electron chi connectivity index (χ1n) is 5.87. The molecule has 108 valence electrons. The van der Waals surface area contributed by atoms with Gasteiger partial charge in [0.05, 0.1) is 24.4 Å². The molecule has 0 amide bonds. The van der Waals surface area contributed by atoms with Gasteiger partial charge >= 0.3 is 5.97 Å². The van der Waals surface area contributed by atoms with Crippen molar-refractivity contribution in [2.45, 2.75) is 0 Å². The molecule has 0 bridgehead atoms. The van der Waals surface area contributed by atoms with Crippen LogP contribution in [0.5, 0.6) is 11.6 Å². The summed E-state index contributed by atoms with van der Waals surface area (Å²) < 4.78 is 11.7. The number of aromatic hydroxyl groups is 1. The molecule has 0 aliphatic carbocycles. The zero-order valence-electron chi connectivity index (χ0n) is 11.1. The minimum atomic E-state index is -0.929. The number of fused-ring (bicyclic) bond motifs is 3. The molecular weight excluding hydrogens is 296 g/mol. The largest absolute Gasteiger partial charge is 0.497 e. The molecule has 1 aromatic carbocycles. The van der Waals surface area contributed by atoms with E-state index < -0.39 is 23.0 Å². The first kappa shape index (κ1) is 13.4.